The minimum absolute atomic E-state index is 0.0253. The molecule has 0 atom stereocenters. The zero-order valence-corrected chi connectivity index (χ0v) is 17.2. The number of fused-ring (bicyclic) bond motifs is 1. The van der Waals surface area contributed by atoms with Gasteiger partial charge in [-0.2, -0.15) is 0 Å². The van der Waals surface area contributed by atoms with Gasteiger partial charge in [0.1, 0.15) is 11.3 Å². The van der Waals surface area contributed by atoms with E-state index < -0.39 is 0 Å². The van der Waals surface area contributed by atoms with Gasteiger partial charge in [-0.15, -0.1) is 11.3 Å². The predicted molar refractivity (Wildman–Crippen MR) is 116 cm³/mol. The van der Waals surface area contributed by atoms with Crippen LogP contribution in [0.25, 0.3) is 21.6 Å². The number of carbonyl (C=O) groups is 1. The van der Waals surface area contributed by atoms with Gasteiger partial charge in [0.05, 0.1) is 18.8 Å². The molecule has 0 aliphatic carbocycles. The van der Waals surface area contributed by atoms with Crippen LogP contribution in [0.5, 0.6) is 0 Å². The maximum Gasteiger partial charge on any atom is 0.182 e. The first-order chi connectivity index (χ1) is 14.2. The lowest BCUT2D eigenvalue weighted by atomic mass is 10.1. The number of hydrogen-bond acceptors (Lipinski definition) is 5. The van der Waals surface area contributed by atoms with Crippen LogP contribution in [-0.4, -0.2) is 25.4 Å². The van der Waals surface area contributed by atoms with Crippen molar-refractivity contribution in [2.24, 2.45) is 0 Å². The highest BCUT2D eigenvalue weighted by Gasteiger charge is 2.19. The molecule has 0 radical (unpaired) electrons. The third kappa shape index (κ3) is 3.99. The van der Waals surface area contributed by atoms with E-state index in [1.54, 1.807) is 11.3 Å². The molecule has 0 saturated heterocycles. The van der Waals surface area contributed by atoms with E-state index >= 15 is 0 Å². The van der Waals surface area contributed by atoms with E-state index in [0.717, 1.165) is 41.0 Å². The number of rotatable bonds is 8. The molecule has 0 spiro atoms. The quantitative estimate of drug-likeness (QED) is 0.424. The van der Waals surface area contributed by atoms with Crippen molar-refractivity contribution >= 4 is 28.3 Å². The Labute approximate surface area is 173 Å². The first kappa shape index (κ1) is 19.5. The summed E-state index contributed by atoms with van der Waals surface area (Å²) in [5, 5.41) is 11.9. The number of aryl methyl sites for hydroxylation is 1. The summed E-state index contributed by atoms with van der Waals surface area (Å²) in [6.45, 7) is 2.17. The molecular formula is C23H23N3O2S. The van der Waals surface area contributed by atoms with Gasteiger partial charge in [0.25, 0.3) is 0 Å². The van der Waals surface area contributed by atoms with Crippen LogP contribution in [0, 0.1) is 0 Å². The number of aliphatic hydroxyl groups excluding tert-OH is 1. The van der Waals surface area contributed by atoms with E-state index in [2.05, 4.69) is 6.92 Å². The van der Waals surface area contributed by atoms with E-state index in [9.17, 15) is 9.90 Å². The molecule has 148 valence electrons. The zero-order valence-electron chi connectivity index (χ0n) is 16.3. The van der Waals surface area contributed by atoms with Gasteiger partial charge in [0.2, 0.25) is 0 Å². The lowest BCUT2D eigenvalue weighted by molar-refractivity contribution is 0.0972. The number of thiophene rings is 1. The highest BCUT2D eigenvalue weighted by Crippen LogP contribution is 2.30. The standard InChI is InChI=1S/C23H23N3O2S/c1-2-3-11-22-24-18-13-17(21-10-7-12-29-21)19(15-27)25-23(18)26(22)14-20(28)16-8-5-4-6-9-16/h4-10,12-13,27H,2-3,11,14-15H2,1H3. The molecule has 0 bridgehead atoms. The predicted octanol–water partition coefficient (Wildman–Crippen LogP) is 4.88. The molecular weight excluding hydrogens is 382 g/mol. The van der Waals surface area contributed by atoms with Crippen molar-refractivity contribution in [1.82, 2.24) is 14.5 Å². The van der Waals surface area contributed by atoms with Crippen molar-refractivity contribution in [3.8, 4) is 10.4 Å². The largest absolute Gasteiger partial charge is 0.390 e. The lowest BCUT2D eigenvalue weighted by Gasteiger charge is -2.10. The molecule has 4 aromatic rings. The molecule has 0 aliphatic rings. The monoisotopic (exact) mass is 405 g/mol. The second kappa shape index (κ2) is 8.68. The van der Waals surface area contributed by atoms with Crippen molar-refractivity contribution in [3.63, 3.8) is 0 Å². The summed E-state index contributed by atoms with van der Waals surface area (Å²) in [6, 6.07) is 15.3. The number of aromatic nitrogens is 3. The van der Waals surface area contributed by atoms with Gasteiger partial charge < -0.3 is 9.67 Å². The van der Waals surface area contributed by atoms with Crippen molar-refractivity contribution in [1.29, 1.82) is 0 Å². The molecule has 1 N–H and O–H groups in total. The topological polar surface area (TPSA) is 68.0 Å². The van der Waals surface area contributed by atoms with Gasteiger partial charge in [-0.3, -0.25) is 4.79 Å². The molecule has 1 aromatic carbocycles. The Bertz CT molecular complexity index is 1120. The number of ketones is 1. The van der Waals surface area contributed by atoms with Gasteiger partial charge in [0, 0.05) is 22.4 Å². The average Bonchev–Trinajstić information content (AvgIpc) is 3.40. The van der Waals surface area contributed by atoms with Crippen LogP contribution in [0.3, 0.4) is 0 Å². The fourth-order valence-corrected chi connectivity index (χ4v) is 4.21. The molecule has 0 amide bonds. The van der Waals surface area contributed by atoms with Crippen LogP contribution < -0.4 is 0 Å². The highest BCUT2D eigenvalue weighted by atomic mass is 32.1. The van der Waals surface area contributed by atoms with Gasteiger partial charge >= 0.3 is 0 Å². The molecule has 6 heteroatoms. The minimum atomic E-state index is -0.161. The Hall–Kier alpha value is -2.83. The number of Topliss-reactive ketones (excluding diaryl/α,β-unsaturated/α-hetero) is 1. The summed E-state index contributed by atoms with van der Waals surface area (Å²) < 4.78 is 1.91. The van der Waals surface area contributed by atoms with Gasteiger partial charge in [-0.05, 0) is 23.9 Å². The summed E-state index contributed by atoms with van der Waals surface area (Å²) in [5.74, 6) is 0.892. The smallest absolute Gasteiger partial charge is 0.182 e. The lowest BCUT2D eigenvalue weighted by Crippen LogP contribution is -2.14. The molecule has 0 aliphatic heterocycles. The molecule has 29 heavy (non-hydrogen) atoms. The summed E-state index contributed by atoms with van der Waals surface area (Å²) in [5.41, 5.74) is 3.60. The zero-order chi connectivity index (χ0) is 20.2. The van der Waals surface area contributed by atoms with Gasteiger partial charge in [-0.25, -0.2) is 9.97 Å². The fraction of sp³-hybridized carbons (Fsp3) is 0.261. The Balaban J connectivity index is 1.81. The second-order valence-electron chi connectivity index (χ2n) is 6.97. The number of nitrogens with zero attached hydrogens (tertiary/aromatic N) is 3. The average molecular weight is 406 g/mol. The van der Waals surface area contributed by atoms with Crippen LogP contribution in [0.2, 0.25) is 0 Å². The van der Waals surface area contributed by atoms with Gasteiger partial charge in [-0.1, -0.05) is 49.7 Å². The van der Waals surface area contributed by atoms with Crippen molar-refractivity contribution in [3.05, 3.63) is 71.0 Å². The Kier molecular flexibility index (Phi) is 5.83. The molecule has 3 aromatic heterocycles. The maximum absolute atomic E-state index is 12.9. The molecule has 5 nitrogen and oxygen atoms in total. The number of benzene rings is 1. The van der Waals surface area contributed by atoms with Crippen LogP contribution in [0.15, 0.2) is 53.9 Å². The van der Waals surface area contributed by atoms with Crippen LogP contribution in [0.4, 0.5) is 0 Å². The summed E-state index contributed by atoms with van der Waals surface area (Å²) in [4.78, 5) is 23.5. The number of pyridine rings is 1. The highest BCUT2D eigenvalue weighted by molar-refractivity contribution is 7.13. The Morgan fingerprint density at radius 3 is 2.66 bits per heavy atom. The number of carbonyl (C=O) groups excluding carboxylic acids is 1. The van der Waals surface area contributed by atoms with E-state index in [4.69, 9.17) is 9.97 Å². The van der Waals surface area contributed by atoms with E-state index in [1.807, 2.05) is 58.5 Å². The maximum atomic E-state index is 12.9. The van der Waals surface area contributed by atoms with Crippen LogP contribution in [-0.2, 0) is 19.6 Å². The molecule has 0 saturated carbocycles. The second-order valence-corrected chi connectivity index (χ2v) is 7.92. The number of hydrogen-bond donors (Lipinski definition) is 1. The third-order valence-corrected chi connectivity index (χ3v) is 5.87. The molecule has 3 heterocycles. The minimum Gasteiger partial charge on any atom is -0.390 e. The normalized spacial score (nSPS) is 11.2. The van der Waals surface area contributed by atoms with Crippen molar-refractivity contribution in [2.45, 2.75) is 39.3 Å². The Morgan fingerprint density at radius 1 is 1.14 bits per heavy atom. The van der Waals surface area contributed by atoms with Crippen molar-refractivity contribution in [2.75, 3.05) is 0 Å². The molecule has 4 rings (SSSR count). The third-order valence-electron chi connectivity index (χ3n) is 4.97. The van der Waals surface area contributed by atoms with Crippen LogP contribution >= 0.6 is 11.3 Å². The first-order valence-corrected chi connectivity index (χ1v) is 10.7. The van der Waals surface area contributed by atoms with E-state index in [-0.39, 0.29) is 18.9 Å². The van der Waals surface area contributed by atoms with E-state index in [1.165, 1.54) is 0 Å². The first-order valence-electron chi connectivity index (χ1n) is 9.83. The summed E-state index contributed by atoms with van der Waals surface area (Å²) in [6.07, 6.45) is 2.83. The summed E-state index contributed by atoms with van der Waals surface area (Å²) >= 11 is 1.61. The van der Waals surface area contributed by atoms with Crippen molar-refractivity contribution < 1.29 is 9.90 Å². The number of imidazole rings is 1. The molecule has 0 fully saturated rings. The SMILES string of the molecule is CCCCc1nc2cc(-c3cccs3)c(CO)nc2n1CC(=O)c1ccccc1. The molecule has 0 unspecified atom stereocenters. The van der Waals surface area contributed by atoms with Crippen LogP contribution in [0.1, 0.15) is 41.6 Å². The van der Waals surface area contributed by atoms with E-state index in [0.29, 0.717) is 16.9 Å². The van der Waals surface area contributed by atoms with Gasteiger partial charge in [0.15, 0.2) is 11.4 Å². The number of aliphatic hydroxyl groups is 1. The summed E-state index contributed by atoms with van der Waals surface area (Å²) in [7, 11) is 0. The number of unbranched alkanes of at least 4 members (excludes halogenated alkanes) is 1. The fourth-order valence-electron chi connectivity index (χ4n) is 3.45. The Morgan fingerprint density at radius 2 is 1.97 bits per heavy atom.